The van der Waals surface area contributed by atoms with Crippen molar-refractivity contribution in [3.05, 3.63) is 48.6 Å². The zero-order valence-electron chi connectivity index (χ0n) is 49.6. The molecule has 0 aliphatic heterocycles. The molecular weight excluding hydrogens is 913 g/mol. The van der Waals surface area contributed by atoms with Crippen molar-refractivity contribution >= 4 is 17.9 Å². The van der Waals surface area contributed by atoms with Gasteiger partial charge in [-0.3, -0.25) is 14.4 Å². The highest BCUT2D eigenvalue weighted by Crippen LogP contribution is 2.18. The number of hydrogen-bond donors (Lipinski definition) is 0. The summed E-state index contributed by atoms with van der Waals surface area (Å²) >= 11 is 0. The van der Waals surface area contributed by atoms with Crippen LogP contribution in [0.3, 0.4) is 0 Å². The summed E-state index contributed by atoms with van der Waals surface area (Å²) in [7, 11) is 0. The molecule has 0 aromatic rings. The fourth-order valence-corrected chi connectivity index (χ4v) is 9.69. The van der Waals surface area contributed by atoms with Crippen LogP contribution < -0.4 is 0 Å². The molecule has 0 radical (unpaired) electrons. The van der Waals surface area contributed by atoms with E-state index in [1.807, 2.05) is 0 Å². The van der Waals surface area contributed by atoms with Gasteiger partial charge < -0.3 is 14.2 Å². The van der Waals surface area contributed by atoms with Gasteiger partial charge in [0, 0.05) is 19.3 Å². The van der Waals surface area contributed by atoms with Crippen molar-refractivity contribution < 1.29 is 28.6 Å². The Balaban J connectivity index is 4.01. The van der Waals surface area contributed by atoms with Crippen LogP contribution in [0.25, 0.3) is 0 Å². The van der Waals surface area contributed by atoms with Crippen molar-refractivity contribution in [2.75, 3.05) is 13.2 Å². The maximum atomic E-state index is 12.8. The molecule has 0 spiro atoms. The number of carbonyl (C=O) groups is 3. The number of esters is 3. The first-order valence-corrected chi connectivity index (χ1v) is 32.6. The van der Waals surface area contributed by atoms with E-state index < -0.39 is 6.10 Å². The summed E-state index contributed by atoms with van der Waals surface area (Å²) < 4.78 is 16.8. The van der Waals surface area contributed by atoms with Crippen LogP contribution in [0.1, 0.15) is 348 Å². The normalized spacial score (nSPS) is 12.3. The molecule has 0 N–H and O–H groups in total. The van der Waals surface area contributed by atoms with Crippen LogP contribution in [0.2, 0.25) is 0 Å². The molecule has 0 amide bonds. The molecule has 0 rings (SSSR count). The monoisotopic (exact) mass is 1040 g/mol. The number of carbonyl (C=O) groups excluding carboxylic acids is 3. The van der Waals surface area contributed by atoms with Crippen molar-refractivity contribution in [2.24, 2.45) is 0 Å². The smallest absolute Gasteiger partial charge is 0.306 e. The molecule has 0 aliphatic rings. The van der Waals surface area contributed by atoms with Gasteiger partial charge in [-0.15, -0.1) is 0 Å². The second-order valence-corrected chi connectivity index (χ2v) is 22.0. The fraction of sp³-hybridized carbons (Fsp3) is 0.838. The minimum absolute atomic E-state index is 0.0808. The highest BCUT2D eigenvalue weighted by molar-refractivity contribution is 5.71. The van der Waals surface area contributed by atoms with Gasteiger partial charge in [0.2, 0.25) is 0 Å². The van der Waals surface area contributed by atoms with Gasteiger partial charge in [-0.2, -0.15) is 0 Å². The van der Waals surface area contributed by atoms with Crippen molar-refractivity contribution in [2.45, 2.75) is 354 Å². The van der Waals surface area contributed by atoms with Crippen LogP contribution in [-0.2, 0) is 28.6 Å². The molecule has 432 valence electrons. The molecule has 0 heterocycles. The van der Waals surface area contributed by atoms with Crippen LogP contribution in [-0.4, -0.2) is 37.2 Å². The molecule has 0 bridgehead atoms. The van der Waals surface area contributed by atoms with Crippen LogP contribution in [0.15, 0.2) is 48.6 Å². The van der Waals surface area contributed by atoms with E-state index in [4.69, 9.17) is 14.2 Å². The second-order valence-electron chi connectivity index (χ2n) is 22.0. The van der Waals surface area contributed by atoms with Crippen LogP contribution >= 0.6 is 0 Å². The van der Waals surface area contributed by atoms with Gasteiger partial charge in [-0.05, 0) is 77.0 Å². The molecule has 6 heteroatoms. The maximum Gasteiger partial charge on any atom is 0.306 e. The second kappa shape index (κ2) is 62.9. The van der Waals surface area contributed by atoms with Crippen molar-refractivity contribution in [1.29, 1.82) is 0 Å². The number of ether oxygens (including phenoxy) is 3. The number of unbranched alkanes of at least 4 members (excludes halogenated alkanes) is 41. The Kier molecular flexibility index (Phi) is 60.7. The predicted molar refractivity (Wildman–Crippen MR) is 321 cm³/mol. The molecule has 0 saturated carbocycles. The zero-order chi connectivity index (χ0) is 53.6. The molecule has 6 nitrogen and oxygen atoms in total. The number of rotatable bonds is 60. The van der Waals surface area contributed by atoms with Gasteiger partial charge in [-0.1, -0.05) is 301 Å². The Morgan fingerprint density at radius 3 is 0.851 bits per heavy atom. The van der Waals surface area contributed by atoms with E-state index in [-0.39, 0.29) is 31.1 Å². The van der Waals surface area contributed by atoms with Crippen molar-refractivity contribution in [3.8, 4) is 0 Å². The standard InChI is InChI=1S/C68H124O6/c1-4-7-10-13-16-19-22-24-25-26-27-28-29-30-31-32-33-34-35-36-37-38-39-40-41-42-43-45-46-49-52-55-58-61-67(70)73-64-65(63-72-66(69)60-57-54-51-48-21-18-15-12-9-6-3)74-68(71)62-59-56-53-50-47-44-23-20-17-14-11-8-5-2/h8,11,17,20,26-27,44,47,65H,4-7,9-10,12-16,18-19,21-25,28-43,45-46,48-64H2,1-3H3/b11-8-,20-17-,27-26-,47-44-. The molecule has 74 heavy (non-hydrogen) atoms. The third-order valence-electron chi connectivity index (χ3n) is 14.6. The van der Waals surface area contributed by atoms with E-state index in [0.29, 0.717) is 19.3 Å². The van der Waals surface area contributed by atoms with Gasteiger partial charge >= 0.3 is 17.9 Å². The summed E-state index contributed by atoms with van der Waals surface area (Å²) in [5, 5.41) is 0. The third-order valence-corrected chi connectivity index (χ3v) is 14.6. The van der Waals surface area contributed by atoms with Gasteiger partial charge in [0.15, 0.2) is 6.10 Å². The van der Waals surface area contributed by atoms with Gasteiger partial charge in [-0.25, -0.2) is 0 Å². The average Bonchev–Trinajstić information content (AvgIpc) is 3.40. The maximum absolute atomic E-state index is 12.8. The largest absolute Gasteiger partial charge is 0.462 e. The first-order valence-electron chi connectivity index (χ1n) is 32.6. The Morgan fingerprint density at radius 2 is 0.527 bits per heavy atom. The van der Waals surface area contributed by atoms with Crippen LogP contribution in [0.5, 0.6) is 0 Å². The molecule has 1 atom stereocenters. The quantitative estimate of drug-likeness (QED) is 0.0261. The van der Waals surface area contributed by atoms with E-state index >= 15 is 0 Å². The SMILES string of the molecule is CC/C=C\C/C=C\C/C=C\CCCCCC(=O)OC(COC(=O)CCCCCCCCCCCC)COC(=O)CCCCCCCCCCCCCCCCCCCCCCC/C=C\CCCCCCCCCC. The molecule has 0 aliphatic carbocycles. The third kappa shape index (κ3) is 60.2. The van der Waals surface area contributed by atoms with E-state index in [9.17, 15) is 14.4 Å². The first-order chi connectivity index (χ1) is 36.5. The molecule has 0 aromatic carbocycles. The summed E-state index contributed by atoms with van der Waals surface area (Å²) in [6.07, 6.45) is 78.8. The van der Waals surface area contributed by atoms with Crippen molar-refractivity contribution in [3.63, 3.8) is 0 Å². The lowest BCUT2D eigenvalue weighted by molar-refractivity contribution is -0.167. The highest BCUT2D eigenvalue weighted by Gasteiger charge is 2.19. The van der Waals surface area contributed by atoms with E-state index in [2.05, 4.69) is 69.4 Å². The highest BCUT2D eigenvalue weighted by atomic mass is 16.6. The number of hydrogen-bond acceptors (Lipinski definition) is 6. The minimum Gasteiger partial charge on any atom is -0.462 e. The Morgan fingerprint density at radius 1 is 0.284 bits per heavy atom. The summed E-state index contributed by atoms with van der Waals surface area (Å²) in [6.45, 7) is 6.53. The number of allylic oxidation sites excluding steroid dienone is 8. The summed E-state index contributed by atoms with van der Waals surface area (Å²) in [5.74, 6) is -0.896. The van der Waals surface area contributed by atoms with Crippen LogP contribution in [0, 0.1) is 0 Å². The lowest BCUT2D eigenvalue weighted by Crippen LogP contribution is -2.30. The topological polar surface area (TPSA) is 78.9 Å². The van der Waals surface area contributed by atoms with Crippen molar-refractivity contribution in [1.82, 2.24) is 0 Å². The molecule has 0 aromatic heterocycles. The lowest BCUT2D eigenvalue weighted by atomic mass is 10.0. The van der Waals surface area contributed by atoms with E-state index in [0.717, 1.165) is 83.5 Å². The molecule has 0 saturated heterocycles. The van der Waals surface area contributed by atoms with Gasteiger partial charge in [0.1, 0.15) is 13.2 Å². The van der Waals surface area contributed by atoms with Gasteiger partial charge in [0.25, 0.3) is 0 Å². The van der Waals surface area contributed by atoms with E-state index in [1.54, 1.807) is 0 Å². The first kappa shape index (κ1) is 71.4. The summed E-state index contributed by atoms with van der Waals surface area (Å²) in [4.78, 5) is 38.1. The van der Waals surface area contributed by atoms with E-state index in [1.165, 1.54) is 225 Å². The van der Waals surface area contributed by atoms with Crippen LogP contribution in [0.4, 0.5) is 0 Å². The Labute approximate surface area is 460 Å². The lowest BCUT2D eigenvalue weighted by Gasteiger charge is -2.18. The zero-order valence-corrected chi connectivity index (χ0v) is 49.6. The molecule has 1 unspecified atom stereocenters. The summed E-state index contributed by atoms with van der Waals surface area (Å²) in [6, 6.07) is 0. The molecule has 0 fully saturated rings. The Hall–Kier alpha value is -2.63. The van der Waals surface area contributed by atoms with Gasteiger partial charge in [0.05, 0.1) is 0 Å². The Bertz CT molecular complexity index is 1280. The molecular formula is C68H124O6. The average molecular weight is 1040 g/mol. The minimum atomic E-state index is -0.784. The summed E-state index contributed by atoms with van der Waals surface area (Å²) in [5.41, 5.74) is 0. The fourth-order valence-electron chi connectivity index (χ4n) is 9.69. The predicted octanol–water partition coefficient (Wildman–Crippen LogP) is 22.2.